The molecule has 0 aliphatic carbocycles. The summed E-state index contributed by atoms with van der Waals surface area (Å²) in [5.41, 5.74) is 0.368. The van der Waals surface area contributed by atoms with Gasteiger partial charge in [0.15, 0.2) is 0 Å². The van der Waals surface area contributed by atoms with Crippen LogP contribution in [0.25, 0.3) is 0 Å². The van der Waals surface area contributed by atoms with Crippen LogP contribution in [0.2, 0.25) is 0 Å². The number of carbonyl (C=O) groups is 1. The highest BCUT2D eigenvalue weighted by atomic mass is 16.6. The van der Waals surface area contributed by atoms with Crippen molar-refractivity contribution >= 4 is 11.7 Å². The molecule has 0 aliphatic rings. The molecule has 100 valence electrons. The van der Waals surface area contributed by atoms with E-state index in [0.29, 0.717) is 0 Å². The van der Waals surface area contributed by atoms with Crippen molar-refractivity contribution in [1.82, 2.24) is 0 Å². The number of hydrogen-bond acceptors (Lipinski definition) is 4. The largest absolute Gasteiger partial charge is 0.508 e. The summed E-state index contributed by atoms with van der Waals surface area (Å²) in [5.74, 6) is -0.0600. The number of benzene rings is 1. The summed E-state index contributed by atoms with van der Waals surface area (Å²) >= 11 is 0. The zero-order valence-corrected chi connectivity index (χ0v) is 11.6. The summed E-state index contributed by atoms with van der Waals surface area (Å²) in [5, 5.41) is 9.23. The molecule has 1 rings (SSSR count). The molecule has 0 spiro atoms. The molecule has 0 aliphatic heterocycles. The van der Waals surface area contributed by atoms with E-state index in [1.54, 1.807) is 31.2 Å². The summed E-state index contributed by atoms with van der Waals surface area (Å²) < 4.78 is 5.34. The molecule has 0 bridgehead atoms. The van der Waals surface area contributed by atoms with Gasteiger partial charge < -0.3 is 14.7 Å². The van der Waals surface area contributed by atoms with Crippen molar-refractivity contribution < 1.29 is 14.6 Å². The van der Waals surface area contributed by atoms with Crippen LogP contribution in [-0.2, 0) is 9.53 Å². The smallest absolute Gasteiger partial charge is 0.328 e. The van der Waals surface area contributed by atoms with Gasteiger partial charge in [0.25, 0.3) is 0 Å². The van der Waals surface area contributed by atoms with Crippen LogP contribution in [0.5, 0.6) is 5.75 Å². The molecular weight excluding hydrogens is 230 g/mol. The van der Waals surface area contributed by atoms with E-state index < -0.39 is 5.60 Å². The van der Waals surface area contributed by atoms with E-state index >= 15 is 0 Å². The number of ether oxygens (including phenoxy) is 1. The molecule has 18 heavy (non-hydrogen) atoms. The summed E-state index contributed by atoms with van der Waals surface area (Å²) in [6.07, 6.45) is 0. The second-order valence-electron chi connectivity index (χ2n) is 5.34. The molecule has 4 nitrogen and oxygen atoms in total. The van der Waals surface area contributed by atoms with Crippen molar-refractivity contribution in [2.45, 2.75) is 39.3 Å². The first kappa shape index (κ1) is 14.4. The Hall–Kier alpha value is -1.71. The molecular formula is C14H21NO3. The molecule has 0 heterocycles. The zero-order valence-electron chi connectivity index (χ0n) is 11.6. The van der Waals surface area contributed by atoms with E-state index in [1.165, 1.54) is 0 Å². The van der Waals surface area contributed by atoms with Gasteiger partial charge in [0.2, 0.25) is 0 Å². The lowest BCUT2D eigenvalue weighted by Crippen LogP contribution is -2.40. The highest BCUT2D eigenvalue weighted by Gasteiger charge is 2.24. The highest BCUT2D eigenvalue weighted by Crippen LogP contribution is 2.20. The molecule has 0 radical (unpaired) electrons. The Morgan fingerprint density at radius 1 is 1.28 bits per heavy atom. The van der Waals surface area contributed by atoms with Gasteiger partial charge in [0.05, 0.1) is 0 Å². The Labute approximate surface area is 108 Å². The van der Waals surface area contributed by atoms with Gasteiger partial charge in [-0.05, 0) is 52.0 Å². The number of esters is 1. The molecule has 1 aromatic rings. The van der Waals surface area contributed by atoms with E-state index in [2.05, 4.69) is 0 Å². The van der Waals surface area contributed by atoms with Crippen LogP contribution in [-0.4, -0.2) is 29.8 Å². The third-order valence-corrected chi connectivity index (χ3v) is 2.59. The second-order valence-corrected chi connectivity index (χ2v) is 5.34. The molecule has 0 amide bonds. The van der Waals surface area contributed by atoms with E-state index in [1.807, 2.05) is 32.7 Å². The lowest BCUT2D eigenvalue weighted by atomic mass is 10.2. The van der Waals surface area contributed by atoms with Gasteiger partial charge in [0.1, 0.15) is 17.4 Å². The Bertz CT molecular complexity index is 406. The van der Waals surface area contributed by atoms with Crippen LogP contribution in [0.15, 0.2) is 24.3 Å². The number of rotatable bonds is 3. The molecule has 1 unspecified atom stereocenters. The van der Waals surface area contributed by atoms with Crippen molar-refractivity contribution in [1.29, 1.82) is 0 Å². The fraction of sp³-hybridized carbons (Fsp3) is 0.500. The Morgan fingerprint density at radius 2 is 1.78 bits per heavy atom. The number of anilines is 1. The predicted octanol–water partition coefficient (Wildman–Crippen LogP) is 2.56. The first-order chi connectivity index (χ1) is 8.20. The van der Waals surface area contributed by atoms with Crippen molar-refractivity contribution in [3.63, 3.8) is 0 Å². The molecule has 1 N–H and O–H groups in total. The highest BCUT2D eigenvalue weighted by molar-refractivity contribution is 5.79. The number of aromatic hydroxyl groups is 1. The Balaban J connectivity index is 2.74. The van der Waals surface area contributed by atoms with Crippen LogP contribution in [0, 0.1) is 0 Å². The van der Waals surface area contributed by atoms with Crippen LogP contribution in [0.1, 0.15) is 27.7 Å². The van der Waals surface area contributed by atoms with E-state index in [9.17, 15) is 9.90 Å². The lowest BCUT2D eigenvalue weighted by Gasteiger charge is -2.29. The number of phenols is 1. The molecule has 0 saturated carbocycles. The maximum absolute atomic E-state index is 11.9. The Morgan fingerprint density at radius 3 is 2.22 bits per heavy atom. The van der Waals surface area contributed by atoms with Crippen LogP contribution in [0.4, 0.5) is 5.69 Å². The maximum atomic E-state index is 11.9. The zero-order chi connectivity index (χ0) is 13.9. The summed E-state index contributed by atoms with van der Waals surface area (Å²) in [7, 11) is 1.82. The maximum Gasteiger partial charge on any atom is 0.328 e. The number of nitrogens with zero attached hydrogens (tertiary/aromatic N) is 1. The van der Waals surface area contributed by atoms with Gasteiger partial charge in [-0.15, -0.1) is 0 Å². The first-order valence-electron chi connectivity index (χ1n) is 5.95. The average Bonchev–Trinajstić information content (AvgIpc) is 2.26. The fourth-order valence-corrected chi connectivity index (χ4v) is 1.46. The minimum absolute atomic E-state index is 0.206. The number of hydrogen-bond donors (Lipinski definition) is 1. The van der Waals surface area contributed by atoms with Gasteiger partial charge in [-0.25, -0.2) is 4.79 Å². The van der Waals surface area contributed by atoms with Gasteiger partial charge >= 0.3 is 5.97 Å². The van der Waals surface area contributed by atoms with Gasteiger partial charge in [-0.1, -0.05) is 0 Å². The summed E-state index contributed by atoms with van der Waals surface area (Å²) in [6, 6.07) is 6.32. The summed E-state index contributed by atoms with van der Waals surface area (Å²) in [6.45, 7) is 7.33. The van der Waals surface area contributed by atoms with Gasteiger partial charge in [0, 0.05) is 12.7 Å². The fourth-order valence-electron chi connectivity index (χ4n) is 1.46. The molecule has 0 aromatic heterocycles. The van der Waals surface area contributed by atoms with Gasteiger partial charge in [-0.3, -0.25) is 0 Å². The standard InChI is InChI=1S/C14H21NO3/c1-10(13(17)18-14(2,3)4)15(5)11-6-8-12(16)9-7-11/h6-10,16H,1-5H3. The molecule has 4 heteroatoms. The first-order valence-corrected chi connectivity index (χ1v) is 5.95. The SMILES string of the molecule is CC(C(=O)OC(C)(C)C)N(C)c1ccc(O)cc1. The van der Waals surface area contributed by atoms with Crippen LogP contribution >= 0.6 is 0 Å². The number of likely N-dealkylation sites (N-methyl/N-ethyl adjacent to an activating group) is 1. The van der Waals surface area contributed by atoms with Crippen LogP contribution in [0.3, 0.4) is 0 Å². The molecule has 1 atom stereocenters. The van der Waals surface area contributed by atoms with E-state index in [0.717, 1.165) is 5.69 Å². The van der Waals surface area contributed by atoms with E-state index in [-0.39, 0.29) is 17.8 Å². The third kappa shape index (κ3) is 3.95. The van der Waals surface area contributed by atoms with Crippen molar-refractivity contribution in [2.24, 2.45) is 0 Å². The minimum Gasteiger partial charge on any atom is -0.508 e. The molecule has 1 aromatic carbocycles. The minimum atomic E-state index is -0.485. The number of carbonyl (C=O) groups excluding carboxylic acids is 1. The van der Waals surface area contributed by atoms with Crippen molar-refractivity contribution in [3.05, 3.63) is 24.3 Å². The van der Waals surface area contributed by atoms with Gasteiger partial charge in [-0.2, -0.15) is 0 Å². The molecule has 0 saturated heterocycles. The quantitative estimate of drug-likeness (QED) is 0.839. The third-order valence-electron chi connectivity index (χ3n) is 2.59. The Kier molecular flexibility index (Phi) is 4.22. The second kappa shape index (κ2) is 5.29. The van der Waals surface area contributed by atoms with Crippen molar-refractivity contribution in [2.75, 3.05) is 11.9 Å². The lowest BCUT2D eigenvalue weighted by molar-refractivity contribution is -0.155. The average molecular weight is 251 g/mol. The topological polar surface area (TPSA) is 49.8 Å². The monoisotopic (exact) mass is 251 g/mol. The summed E-state index contributed by atoms with van der Waals surface area (Å²) in [4.78, 5) is 13.7. The predicted molar refractivity (Wildman–Crippen MR) is 71.8 cm³/mol. The number of phenolic OH excluding ortho intramolecular Hbond substituents is 1. The van der Waals surface area contributed by atoms with Crippen LogP contribution < -0.4 is 4.90 Å². The van der Waals surface area contributed by atoms with Crippen molar-refractivity contribution in [3.8, 4) is 5.75 Å². The normalized spacial score (nSPS) is 12.9. The van der Waals surface area contributed by atoms with E-state index in [4.69, 9.17) is 4.74 Å². The molecule has 0 fully saturated rings.